The van der Waals surface area contributed by atoms with E-state index in [0.29, 0.717) is 44.6 Å². The van der Waals surface area contributed by atoms with E-state index in [0.717, 1.165) is 5.56 Å². The molecule has 8 heteroatoms. The Kier molecular flexibility index (Phi) is 8.52. The number of aliphatic carboxylic acids is 2. The van der Waals surface area contributed by atoms with E-state index < -0.39 is 28.9 Å². The summed E-state index contributed by atoms with van der Waals surface area (Å²) >= 11 is 0. The number of piperazine rings is 1. The summed E-state index contributed by atoms with van der Waals surface area (Å²) in [5.74, 6) is -3.17. The molecule has 1 aliphatic rings. The molecule has 0 saturated carbocycles. The summed E-state index contributed by atoms with van der Waals surface area (Å²) in [7, 11) is 0. The number of carboxylic acids is 2. The monoisotopic (exact) mass is 462 g/mol. The van der Waals surface area contributed by atoms with Crippen LogP contribution in [0.25, 0.3) is 0 Å². The molecule has 1 amide bonds. The molecule has 33 heavy (non-hydrogen) atoms. The van der Waals surface area contributed by atoms with Gasteiger partial charge in [0.05, 0.1) is 0 Å². The molecule has 2 N–H and O–H groups in total. The van der Waals surface area contributed by atoms with Crippen molar-refractivity contribution in [1.82, 2.24) is 9.80 Å². The van der Waals surface area contributed by atoms with E-state index in [2.05, 4.69) is 4.90 Å². The zero-order chi connectivity index (χ0) is 25.0. The summed E-state index contributed by atoms with van der Waals surface area (Å²) in [4.78, 5) is 40.8. The van der Waals surface area contributed by atoms with Crippen LogP contribution in [-0.2, 0) is 26.3 Å². The van der Waals surface area contributed by atoms with Crippen LogP contribution in [0.15, 0.2) is 24.3 Å². The molecule has 1 aromatic carbocycles. The smallest absolute Gasteiger partial charge is 0.410 e. The molecule has 0 spiro atoms. The second-order valence-electron chi connectivity index (χ2n) is 9.89. The van der Waals surface area contributed by atoms with Crippen LogP contribution >= 0.6 is 0 Å². The van der Waals surface area contributed by atoms with E-state index in [4.69, 9.17) is 4.74 Å². The Morgan fingerprint density at radius 1 is 1.03 bits per heavy atom. The Hall–Kier alpha value is -2.61. The van der Waals surface area contributed by atoms with Crippen molar-refractivity contribution in [1.29, 1.82) is 0 Å². The van der Waals surface area contributed by atoms with E-state index in [1.807, 2.05) is 53.7 Å². The van der Waals surface area contributed by atoms with Crippen molar-refractivity contribution in [2.45, 2.75) is 78.0 Å². The lowest BCUT2D eigenvalue weighted by Gasteiger charge is -2.40. The van der Waals surface area contributed by atoms with Gasteiger partial charge in [0.1, 0.15) is 5.60 Å². The van der Waals surface area contributed by atoms with E-state index in [-0.39, 0.29) is 12.1 Å². The fourth-order valence-corrected chi connectivity index (χ4v) is 4.72. The minimum absolute atomic E-state index is 0.00518. The van der Waals surface area contributed by atoms with Crippen LogP contribution in [-0.4, -0.2) is 69.3 Å². The second kappa shape index (κ2) is 10.5. The van der Waals surface area contributed by atoms with Gasteiger partial charge >= 0.3 is 18.0 Å². The molecule has 184 valence electrons. The normalized spacial score (nSPS) is 17.8. The number of rotatable bonds is 8. The molecule has 0 aromatic heterocycles. The molecule has 1 fully saturated rings. The third kappa shape index (κ3) is 5.85. The summed E-state index contributed by atoms with van der Waals surface area (Å²) in [6.07, 6.45) is 0.604. The van der Waals surface area contributed by atoms with Crippen molar-refractivity contribution in [3.63, 3.8) is 0 Å². The molecule has 2 rings (SSSR count). The largest absolute Gasteiger partial charge is 0.480 e. The van der Waals surface area contributed by atoms with E-state index in [1.165, 1.54) is 0 Å². The molecule has 1 aromatic rings. The van der Waals surface area contributed by atoms with E-state index in [9.17, 15) is 24.6 Å². The Morgan fingerprint density at radius 2 is 1.58 bits per heavy atom. The molecule has 0 unspecified atom stereocenters. The lowest BCUT2D eigenvalue weighted by molar-refractivity contribution is -0.161. The van der Waals surface area contributed by atoms with Gasteiger partial charge in [-0.15, -0.1) is 0 Å². The van der Waals surface area contributed by atoms with Gasteiger partial charge in [0, 0.05) is 32.2 Å². The van der Waals surface area contributed by atoms with Crippen molar-refractivity contribution in [3.05, 3.63) is 35.4 Å². The Balaban J connectivity index is 2.14. The quantitative estimate of drug-likeness (QED) is 0.563. The molecule has 1 atom stereocenters. The van der Waals surface area contributed by atoms with E-state index >= 15 is 0 Å². The molecule has 1 aliphatic heterocycles. The van der Waals surface area contributed by atoms with Gasteiger partial charge in [-0.05, 0) is 44.7 Å². The highest BCUT2D eigenvalue weighted by Crippen LogP contribution is 2.38. The van der Waals surface area contributed by atoms with Gasteiger partial charge < -0.3 is 19.8 Å². The number of amides is 1. The average molecular weight is 463 g/mol. The number of ether oxygens (including phenoxy) is 1. The first-order chi connectivity index (χ1) is 15.4. The van der Waals surface area contributed by atoms with Crippen LogP contribution in [0.3, 0.4) is 0 Å². The maximum Gasteiger partial charge on any atom is 0.410 e. The fraction of sp³-hybridized carbons (Fsp3) is 0.640. The number of hydrogen-bond donors (Lipinski definition) is 2. The predicted molar refractivity (Wildman–Crippen MR) is 125 cm³/mol. The second-order valence-corrected chi connectivity index (χ2v) is 9.89. The number of carboxylic acid groups (broad SMARTS) is 2. The highest BCUT2D eigenvalue weighted by molar-refractivity contribution is 6.05. The van der Waals surface area contributed by atoms with Gasteiger partial charge in [-0.25, -0.2) is 4.79 Å². The highest BCUT2D eigenvalue weighted by atomic mass is 16.6. The third-order valence-electron chi connectivity index (χ3n) is 6.43. The van der Waals surface area contributed by atoms with Crippen molar-refractivity contribution in [3.8, 4) is 0 Å². The minimum Gasteiger partial charge on any atom is -0.480 e. The number of carbonyl (C=O) groups is 3. The predicted octanol–water partition coefficient (Wildman–Crippen LogP) is 3.97. The Morgan fingerprint density at radius 3 is 2.00 bits per heavy atom. The van der Waals surface area contributed by atoms with Crippen molar-refractivity contribution >= 4 is 18.0 Å². The minimum atomic E-state index is -1.96. The molecule has 0 radical (unpaired) electrons. The third-order valence-corrected chi connectivity index (χ3v) is 6.43. The first kappa shape index (κ1) is 26.6. The van der Waals surface area contributed by atoms with Crippen LogP contribution in [0.1, 0.15) is 65.5 Å². The van der Waals surface area contributed by atoms with Gasteiger partial charge in [0.25, 0.3) is 0 Å². The number of benzene rings is 1. The standard InChI is InChI=1S/C25H38N2O6/c1-7-19(8-2)25(21(28)29,22(30)31)20-11-9-18(10-12-20)16-26-13-14-27(17(3)15-26)23(32)33-24(4,5)6/h9-12,17,19H,7-8,13-16H2,1-6H3,(H,28,29)(H,30,31)/t17-/m0/s1. The fourth-order valence-electron chi connectivity index (χ4n) is 4.72. The molecule has 8 nitrogen and oxygen atoms in total. The maximum atomic E-state index is 12.4. The number of carbonyl (C=O) groups excluding carboxylic acids is 1. The van der Waals surface area contributed by atoms with Crippen molar-refractivity contribution < 1.29 is 29.3 Å². The van der Waals surface area contributed by atoms with Crippen LogP contribution in [0, 0.1) is 5.92 Å². The molecule has 0 bridgehead atoms. The molecule has 0 aliphatic carbocycles. The Bertz CT molecular complexity index is 827. The van der Waals surface area contributed by atoms with Gasteiger partial charge in [0.2, 0.25) is 0 Å². The number of hydrogen-bond acceptors (Lipinski definition) is 5. The van der Waals surface area contributed by atoms with Crippen molar-refractivity contribution in [2.75, 3.05) is 19.6 Å². The summed E-state index contributed by atoms with van der Waals surface area (Å²) in [6.45, 7) is 13.7. The maximum absolute atomic E-state index is 12.4. The first-order valence-electron chi connectivity index (χ1n) is 11.6. The molecular weight excluding hydrogens is 424 g/mol. The first-order valence-corrected chi connectivity index (χ1v) is 11.6. The zero-order valence-corrected chi connectivity index (χ0v) is 20.6. The van der Waals surface area contributed by atoms with Crippen LogP contribution in [0.4, 0.5) is 4.79 Å². The zero-order valence-electron chi connectivity index (χ0n) is 20.6. The molecule has 1 saturated heterocycles. The van der Waals surface area contributed by atoms with Crippen molar-refractivity contribution in [2.24, 2.45) is 5.92 Å². The lowest BCUT2D eigenvalue weighted by Crippen LogP contribution is -2.54. The SMILES string of the molecule is CCC(CC)C(C(=O)O)(C(=O)O)c1ccc(CN2CCN(C(=O)OC(C)(C)C)[C@@H](C)C2)cc1. The van der Waals surface area contributed by atoms with Gasteiger partial charge in [0.15, 0.2) is 5.41 Å². The Labute approximate surface area is 196 Å². The molecule has 1 heterocycles. The summed E-state index contributed by atoms with van der Waals surface area (Å²) < 4.78 is 5.50. The van der Waals surface area contributed by atoms with Gasteiger partial charge in [-0.3, -0.25) is 14.5 Å². The van der Waals surface area contributed by atoms with Crippen LogP contribution < -0.4 is 0 Å². The van der Waals surface area contributed by atoms with E-state index in [1.54, 1.807) is 17.0 Å². The summed E-state index contributed by atoms with van der Waals surface area (Å²) in [5.41, 5.74) is -1.24. The molecular formula is C25H38N2O6. The van der Waals surface area contributed by atoms with Gasteiger partial charge in [-0.2, -0.15) is 0 Å². The topological polar surface area (TPSA) is 107 Å². The highest BCUT2D eigenvalue weighted by Gasteiger charge is 2.53. The average Bonchev–Trinajstić information content (AvgIpc) is 2.70. The lowest BCUT2D eigenvalue weighted by atomic mass is 9.68. The van der Waals surface area contributed by atoms with Crippen LogP contribution in [0.5, 0.6) is 0 Å². The van der Waals surface area contributed by atoms with Gasteiger partial charge in [-0.1, -0.05) is 51.0 Å². The summed E-state index contributed by atoms with van der Waals surface area (Å²) in [5, 5.41) is 19.9. The van der Waals surface area contributed by atoms with Crippen LogP contribution in [0.2, 0.25) is 0 Å². The summed E-state index contributed by atoms with van der Waals surface area (Å²) in [6, 6.07) is 6.88. The number of nitrogens with zero attached hydrogens (tertiary/aromatic N) is 2.